The lowest BCUT2D eigenvalue weighted by Crippen LogP contribution is -2.44. The fourth-order valence-corrected chi connectivity index (χ4v) is 3.25. The Hall–Kier alpha value is -0.780. The van der Waals surface area contributed by atoms with Crippen LogP contribution in [0.3, 0.4) is 0 Å². The summed E-state index contributed by atoms with van der Waals surface area (Å²) in [6.45, 7) is 7.06. The van der Waals surface area contributed by atoms with Crippen LogP contribution >= 0.6 is 15.9 Å². The fourth-order valence-electron chi connectivity index (χ4n) is 2.65. The first-order valence-electron chi connectivity index (χ1n) is 7.34. The normalized spacial score (nSPS) is 19.6. The van der Waals surface area contributed by atoms with E-state index in [9.17, 15) is 0 Å². The molecule has 0 aliphatic carbocycles. The van der Waals surface area contributed by atoms with E-state index in [4.69, 9.17) is 9.47 Å². The third-order valence-electron chi connectivity index (χ3n) is 3.79. The molecule has 0 amide bonds. The van der Waals surface area contributed by atoms with E-state index in [0.717, 1.165) is 74.8 Å². The standard InChI is InChI=1S/C15H21BrN2O2/c16-13-10-12(2-5-18-6-3-17-4-7-18)11-14-15(13)20-9-1-8-19-14/h10-11,17H,1-9H2. The third-order valence-corrected chi connectivity index (χ3v) is 4.38. The van der Waals surface area contributed by atoms with Crippen LogP contribution in [0.5, 0.6) is 11.5 Å². The summed E-state index contributed by atoms with van der Waals surface area (Å²) in [6.07, 6.45) is 1.99. The van der Waals surface area contributed by atoms with E-state index < -0.39 is 0 Å². The number of piperazine rings is 1. The molecule has 2 aliphatic heterocycles. The van der Waals surface area contributed by atoms with Crippen LogP contribution < -0.4 is 14.8 Å². The van der Waals surface area contributed by atoms with Gasteiger partial charge in [0.25, 0.3) is 0 Å². The van der Waals surface area contributed by atoms with Crippen LogP contribution in [-0.4, -0.2) is 50.8 Å². The molecule has 0 bridgehead atoms. The predicted molar refractivity (Wildman–Crippen MR) is 82.8 cm³/mol. The SMILES string of the molecule is Brc1cc(CCN2CCNCC2)cc2c1OCCCO2. The second-order valence-corrected chi connectivity index (χ2v) is 6.15. The lowest BCUT2D eigenvalue weighted by atomic mass is 10.1. The lowest BCUT2D eigenvalue weighted by molar-refractivity contribution is 0.243. The maximum Gasteiger partial charge on any atom is 0.175 e. The van der Waals surface area contributed by atoms with E-state index >= 15 is 0 Å². The van der Waals surface area contributed by atoms with Gasteiger partial charge in [-0.25, -0.2) is 0 Å². The van der Waals surface area contributed by atoms with Crippen molar-refractivity contribution in [1.29, 1.82) is 0 Å². The molecule has 4 nitrogen and oxygen atoms in total. The van der Waals surface area contributed by atoms with Crippen molar-refractivity contribution in [1.82, 2.24) is 10.2 Å². The molecule has 20 heavy (non-hydrogen) atoms. The quantitative estimate of drug-likeness (QED) is 0.913. The Bertz CT molecular complexity index is 461. The van der Waals surface area contributed by atoms with Gasteiger partial charge in [-0.3, -0.25) is 0 Å². The van der Waals surface area contributed by atoms with E-state index in [1.807, 2.05) is 0 Å². The number of rotatable bonds is 3. The zero-order chi connectivity index (χ0) is 13.8. The highest BCUT2D eigenvalue weighted by atomic mass is 79.9. The molecule has 1 saturated heterocycles. The Balaban J connectivity index is 1.67. The Morgan fingerprint density at radius 1 is 1.15 bits per heavy atom. The van der Waals surface area contributed by atoms with Crippen LogP contribution in [0.25, 0.3) is 0 Å². The van der Waals surface area contributed by atoms with Crippen LogP contribution in [-0.2, 0) is 6.42 Å². The van der Waals surface area contributed by atoms with Crippen LogP contribution in [0, 0.1) is 0 Å². The maximum atomic E-state index is 5.78. The summed E-state index contributed by atoms with van der Waals surface area (Å²) in [4.78, 5) is 2.51. The van der Waals surface area contributed by atoms with Gasteiger partial charge in [0.2, 0.25) is 0 Å². The fraction of sp³-hybridized carbons (Fsp3) is 0.600. The molecule has 2 aliphatic rings. The zero-order valence-electron chi connectivity index (χ0n) is 11.7. The predicted octanol–water partition coefficient (Wildman–Crippen LogP) is 2.06. The number of nitrogens with one attached hydrogen (secondary N) is 1. The molecule has 0 atom stereocenters. The Labute approximate surface area is 128 Å². The largest absolute Gasteiger partial charge is 0.490 e. The third kappa shape index (κ3) is 3.45. The summed E-state index contributed by atoms with van der Waals surface area (Å²) in [7, 11) is 0. The molecule has 5 heteroatoms. The van der Waals surface area contributed by atoms with Crippen molar-refractivity contribution in [2.45, 2.75) is 12.8 Å². The van der Waals surface area contributed by atoms with E-state index in [2.05, 4.69) is 38.3 Å². The monoisotopic (exact) mass is 340 g/mol. The maximum absolute atomic E-state index is 5.78. The number of benzene rings is 1. The van der Waals surface area contributed by atoms with Gasteiger partial charge < -0.3 is 19.7 Å². The van der Waals surface area contributed by atoms with Gasteiger partial charge >= 0.3 is 0 Å². The molecule has 0 saturated carbocycles. The Kier molecular flexibility index (Phi) is 4.81. The minimum Gasteiger partial charge on any atom is -0.490 e. The van der Waals surface area contributed by atoms with Crippen LogP contribution in [0.1, 0.15) is 12.0 Å². The summed E-state index contributed by atoms with van der Waals surface area (Å²) in [5, 5.41) is 3.38. The van der Waals surface area contributed by atoms with Crippen LogP contribution in [0.2, 0.25) is 0 Å². The zero-order valence-corrected chi connectivity index (χ0v) is 13.2. The van der Waals surface area contributed by atoms with Crippen molar-refractivity contribution >= 4 is 15.9 Å². The van der Waals surface area contributed by atoms with Crippen molar-refractivity contribution in [3.63, 3.8) is 0 Å². The summed E-state index contributed by atoms with van der Waals surface area (Å²) in [5.74, 6) is 1.74. The second kappa shape index (κ2) is 6.78. The molecule has 0 aromatic heterocycles. The summed E-state index contributed by atoms with van der Waals surface area (Å²) >= 11 is 3.60. The molecule has 1 N–H and O–H groups in total. The van der Waals surface area contributed by atoms with Gasteiger partial charge in [0, 0.05) is 39.1 Å². The lowest BCUT2D eigenvalue weighted by Gasteiger charge is -2.27. The van der Waals surface area contributed by atoms with Gasteiger partial charge in [0.05, 0.1) is 17.7 Å². The minimum absolute atomic E-state index is 0.728. The number of halogens is 1. The van der Waals surface area contributed by atoms with Gasteiger partial charge in [-0.1, -0.05) is 0 Å². The van der Waals surface area contributed by atoms with Gasteiger partial charge in [0.1, 0.15) is 0 Å². The van der Waals surface area contributed by atoms with Crippen molar-refractivity contribution in [2.75, 3.05) is 45.9 Å². The second-order valence-electron chi connectivity index (χ2n) is 5.30. The molecule has 0 unspecified atom stereocenters. The molecule has 0 radical (unpaired) electrons. The van der Waals surface area contributed by atoms with Gasteiger partial charge in [-0.2, -0.15) is 0 Å². The number of nitrogens with zero attached hydrogens (tertiary/aromatic N) is 1. The summed E-state index contributed by atoms with van der Waals surface area (Å²) in [6, 6.07) is 4.29. The minimum atomic E-state index is 0.728. The number of hydrogen-bond acceptors (Lipinski definition) is 4. The molecular weight excluding hydrogens is 320 g/mol. The first-order chi connectivity index (χ1) is 9.83. The van der Waals surface area contributed by atoms with Crippen LogP contribution in [0.15, 0.2) is 16.6 Å². The average Bonchev–Trinajstić information content (AvgIpc) is 2.72. The number of ether oxygens (including phenoxy) is 2. The van der Waals surface area contributed by atoms with Crippen molar-refractivity contribution in [3.05, 3.63) is 22.2 Å². The van der Waals surface area contributed by atoms with E-state index in [1.54, 1.807) is 0 Å². The van der Waals surface area contributed by atoms with E-state index in [1.165, 1.54) is 5.56 Å². The highest BCUT2D eigenvalue weighted by molar-refractivity contribution is 9.10. The summed E-state index contributed by atoms with van der Waals surface area (Å²) in [5.41, 5.74) is 1.31. The Morgan fingerprint density at radius 3 is 2.80 bits per heavy atom. The van der Waals surface area contributed by atoms with Gasteiger partial charge in [-0.05, 0) is 40.0 Å². The molecule has 0 spiro atoms. The van der Waals surface area contributed by atoms with Gasteiger partial charge in [-0.15, -0.1) is 0 Å². The summed E-state index contributed by atoms with van der Waals surface area (Å²) < 4.78 is 12.5. The molecule has 3 rings (SSSR count). The van der Waals surface area contributed by atoms with Crippen LogP contribution in [0.4, 0.5) is 0 Å². The topological polar surface area (TPSA) is 33.7 Å². The van der Waals surface area contributed by atoms with Crippen molar-refractivity contribution in [3.8, 4) is 11.5 Å². The van der Waals surface area contributed by atoms with E-state index in [0.29, 0.717) is 0 Å². The molecule has 1 fully saturated rings. The van der Waals surface area contributed by atoms with Crippen molar-refractivity contribution < 1.29 is 9.47 Å². The van der Waals surface area contributed by atoms with Crippen molar-refractivity contribution in [2.24, 2.45) is 0 Å². The first kappa shape index (κ1) is 14.2. The Morgan fingerprint density at radius 2 is 1.95 bits per heavy atom. The van der Waals surface area contributed by atoms with Gasteiger partial charge in [0.15, 0.2) is 11.5 Å². The molecule has 110 valence electrons. The number of hydrogen-bond donors (Lipinski definition) is 1. The van der Waals surface area contributed by atoms with E-state index in [-0.39, 0.29) is 0 Å². The molecular formula is C15H21BrN2O2. The number of fused-ring (bicyclic) bond motifs is 1. The molecule has 1 aromatic rings. The first-order valence-corrected chi connectivity index (χ1v) is 8.13. The highest BCUT2D eigenvalue weighted by Gasteiger charge is 2.16. The smallest absolute Gasteiger partial charge is 0.175 e. The molecule has 1 aromatic carbocycles. The average molecular weight is 341 g/mol. The molecule has 2 heterocycles. The highest BCUT2D eigenvalue weighted by Crippen LogP contribution is 2.38.